The number of hydrogen-bond acceptors (Lipinski definition) is 4. The summed E-state index contributed by atoms with van der Waals surface area (Å²) in [5.41, 5.74) is 8.92. The van der Waals surface area contributed by atoms with Crippen molar-refractivity contribution in [3.05, 3.63) is 66.5 Å². The monoisotopic (exact) mass is 362 g/mol. The first-order valence-corrected chi connectivity index (χ1v) is 9.48. The van der Waals surface area contributed by atoms with Crippen molar-refractivity contribution in [2.45, 2.75) is 25.5 Å². The number of likely N-dealkylation sites (tertiary alicyclic amines) is 1. The average Bonchev–Trinajstić information content (AvgIpc) is 3.12. The minimum Gasteiger partial charge on any atom is -0.490 e. The fourth-order valence-electron chi connectivity index (χ4n) is 3.56. The molecule has 0 radical (unpaired) electrons. The lowest BCUT2D eigenvalue weighted by atomic mass is 10.1. The van der Waals surface area contributed by atoms with Crippen molar-refractivity contribution in [1.29, 1.82) is 0 Å². The molecule has 0 unspecified atom stereocenters. The lowest BCUT2D eigenvalue weighted by Gasteiger charge is -2.29. The van der Waals surface area contributed by atoms with Gasteiger partial charge in [0, 0.05) is 43.3 Å². The number of piperidine rings is 1. The maximum absolute atomic E-state index is 6.15. The van der Waals surface area contributed by atoms with Gasteiger partial charge >= 0.3 is 0 Å². The third-order valence-electron chi connectivity index (χ3n) is 5.10. The molecule has 140 valence electrons. The molecule has 3 aromatic rings. The lowest BCUT2D eigenvalue weighted by molar-refractivity contribution is 0.114. The van der Waals surface area contributed by atoms with E-state index in [1.54, 1.807) is 0 Å². The van der Waals surface area contributed by atoms with Crippen LogP contribution in [0.1, 0.15) is 18.4 Å². The first-order chi connectivity index (χ1) is 13.2. The van der Waals surface area contributed by atoms with E-state index >= 15 is 0 Å². The minimum absolute atomic E-state index is 0.317. The van der Waals surface area contributed by atoms with E-state index < -0.39 is 0 Å². The van der Waals surface area contributed by atoms with E-state index in [1.807, 2.05) is 42.7 Å². The molecule has 0 aliphatic carbocycles. The fourth-order valence-corrected chi connectivity index (χ4v) is 3.56. The topological polar surface area (TPSA) is 56.3 Å². The van der Waals surface area contributed by atoms with Crippen LogP contribution in [0.3, 0.4) is 0 Å². The van der Waals surface area contributed by atoms with E-state index in [4.69, 9.17) is 10.5 Å². The quantitative estimate of drug-likeness (QED) is 0.704. The third-order valence-corrected chi connectivity index (χ3v) is 5.10. The molecule has 2 heterocycles. The highest BCUT2D eigenvalue weighted by Gasteiger charge is 2.18. The number of aromatic nitrogens is 2. The number of benzene rings is 2. The van der Waals surface area contributed by atoms with Crippen molar-refractivity contribution in [1.82, 2.24) is 14.5 Å². The maximum atomic E-state index is 6.15. The van der Waals surface area contributed by atoms with Gasteiger partial charge in [0.1, 0.15) is 17.7 Å². The van der Waals surface area contributed by atoms with E-state index in [0.29, 0.717) is 6.10 Å². The Morgan fingerprint density at radius 1 is 1.11 bits per heavy atom. The molecule has 0 saturated carbocycles. The summed E-state index contributed by atoms with van der Waals surface area (Å²) < 4.78 is 8.29. The molecule has 1 fully saturated rings. The standard InChI is InChI=1S/C22H26N4O/c1-25-12-9-21(10-13-25)27-20-7-5-18(6-8-20)22-24-11-14-26(22)16-17-3-2-4-19(23)15-17/h2-8,11,14-15,21H,9-10,12-13,16,23H2,1H3. The first-order valence-electron chi connectivity index (χ1n) is 9.48. The molecule has 0 bridgehead atoms. The van der Waals surface area contributed by atoms with Crippen LogP contribution in [0.4, 0.5) is 5.69 Å². The zero-order valence-corrected chi connectivity index (χ0v) is 15.7. The summed E-state index contributed by atoms with van der Waals surface area (Å²) in [6, 6.07) is 16.2. The smallest absolute Gasteiger partial charge is 0.140 e. The summed E-state index contributed by atoms with van der Waals surface area (Å²) in [5.74, 6) is 1.88. The molecule has 2 aromatic carbocycles. The molecule has 27 heavy (non-hydrogen) atoms. The van der Waals surface area contributed by atoms with Crippen LogP contribution >= 0.6 is 0 Å². The highest BCUT2D eigenvalue weighted by molar-refractivity contribution is 5.57. The molecular formula is C22H26N4O. The van der Waals surface area contributed by atoms with Crippen molar-refractivity contribution < 1.29 is 4.74 Å². The second-order valence-corrected chi connectivity index (χ2v) is 7.27. The van der Waals surface area contributed by atoms with E-state index in [1.165, 1.54) is 0 Å². The number of hydrogen-bond donors (Lipinski definition) is 1. The fraction of sp³-hybridized carbons (Fsp3) is 0.318. The highest BCUT2D eigenvalue weighted by Crippen LogP contribution is 2.24. The molecule has 1 saturated heterocycles. The van der Waals surface area contributed by atoms with Gasteiger partial charge in [-0.25, -0.2) is 4.98 Å². The van der Waals surface area contributed by atoms with Gasteiger partial charge < -0.3 is 19.9 Å². The van der Waals surface area contributed by atoms with Crippen molar-refractivity contribution >= 4 is 5.69 Å². The number of rotatable bonds is 5. The van der Waals surface area contributed by atoms with Gasteiger partial charge in [-0.2, -0.15) is 0 Å². The molecule has 2 N–H and O–H groups in total. The number of nitrogens with two attached hydrogens (primary N) is 1. The summed E-state index contributed by atoms with van der Waals surface area (Å²) in [4.78, 5) is 6.89. The summed E-state index contributed by atoms with van der Waals surface area (Å²) in [6.07, 6.45) is 6.33. The second kappa shape index (κ2) is 7.84. The molecule has 1 aliphatic heterocycles. The normalized spacial score (nSPS) is 15.7. The van der Waals surface area contributed by atoms with Crippen molar-refractivity contribution in [2.75, 3.05) is 25.9 Å². The Morgan fingerprint density at radius 3 is 2.63 bits per heavy atom. The molecule has 1 aromatic heterocycles. The van der Waals surface area contributed by atoms with Crippen LogP contribution in [0.5, 0.6) is 5.75 Å². The minimum atomic E-state index is 0.317. The van der Waals surface area contributed by atoms with E-state index in [0.717, 1.165) is 60.9 Å². The molecule has 1 aliphatic rings. The maximum Gasteiger partial charge on any atom is 0.140 e. The number of ether oxygens (including phenoxy) is 1. The Labute approximate surface area is 160 Å². The summed E-state index contributed by atoms with van der Waals surface area (Å²) in [7, 11) is 2.16. The van der Waals surface area contributed by atoms with Crippen LogP contribution in [0.15, 0.2) is 60.9 Å². The Hall–Kier alpha value is -2.79. The van der Waals surface area contributed by atoms with Gasteiger partial charge in [-0.15, -0.1) is 0 Å². The number of nitrogen functional groups attached to an aromatic ring is 1. The van der Waals surface area contributed by atoms with Gasteiger partial charge in [0.05, 0.1) is 0 Å². The first kappa shape index (κ1) is 17.6. The predicted molar refractivity (Wildman–Crippen MR) is 109 cm³/mol. The Morgan fingerprint density at radius 2 is 1.89 bits per heavy atom. The Bertz CT molecular complexity index is 879. The zero-order valence-electron chi connectivity index (χ0n) is 15.7. The average molecular weight is 362 g/mol. The second-order valence-electron chi connectivity index (χ2n) is 7.27. The van der Waals surface area contributed by atoms with Crippen LogP contribution in [-0.2, 0) is 6.54 Å². The molecule has 4 rings (SSSR count). The molecule has 0 atom stereocenters. The Balaban J connectivity index is 1.46. The van der Waals surface area contributed by atoms with Crippen molar-refractivity contribution in [3.8, 4) is 17.1 Å². The van der Waals surface area contributed by atoms with Gasteiger partial charge in [0.25, 0.3) is 0 Å². The summed E-state index contributed by atoms with van der Waals surface area (Å²) in [6.45, 7) is 2.95. The van der Waals surface area contributed by atoms with Gasteiger partial charge in [0.15, 0.2) is 0 Å². The highest BCUT2D eigenvalue weighted by atomic mass is 16.5. The van der Waals surface area contributed by atoms with Gasteiger partial charge in [-0.3, -0.25) is 0 Å². The van der Waals surface area contributed by atoms with E-state index in [2.05, 4.69) is 39.7 Å². The van der Waals surface area contributed by atoms with Crippen LogP contribution in [0.2, 0.25) is 0 Å². The van der Waals surface area contributed by atoms with Gasteiger partial charge in [-0.1, -0.05) is 12.1 Å². The molecule has 5 heteroatoms. The van der Waals surface area contributed by atoms with Crippen LogP contribution in [-0.4, -0.2) is 40.7 Å². The predicted octanol–water partition coefficient (Wildman–Crippen LogP) is 3.65. The summed E-state index contributed by atoms with van der Waals surface area (Å²) >= 11 is 0. The SMILES string of the molecule is CN1CCC(Oc2ccc(-c3nccn3Cc3cccc(N)c3)cc2)CC1. The van der Waals surface area contributed by atoms with E-state index in [9.17, 15) is 0 Å². The van der Waals surface area contributed by atoms with Crippen LogP contribution < -0.4 is 10.5 Å². The largest absolute Gasteiger partial charge is 0.490 e. The molecule has 5 nitrogen and oxygen atoms in total. The molecule has 0 amide bonds. The zero-order chi connectivity index (χ0) is 18.6. The van der Waals surface area contributed by atoms with Crippen molar-refractivity contribution in [2.24, 2.45) is 0 Å². The van der Waals surface area contributed by atoms with Gasteiger partial charge in [0.2, 0.25) is 0 Å². The van der Waals surface area contributed by atoms with E-state index in [-0.39, 0.29) is 0 Å². The number of imidazole rings is 1. The van der Waals surface area contributed by atoms with Gasteiger partial charge in [-0.05, 0) is 61.9 Å². The number of nitrogens with zero attached hydrogens (tertiary/aromatic N) is 3. The summed E-state index contributed by atoms with van der Waals surface area (Å²) in [5, 5.41) is 0. The third kappa shape index (κ3) is 4.31. The molecular weight excluding hydrogens is 336 g/mol. The number of anilines is 1. The molecule has 0 spiro atoms. The van der Waals surface area contributed by atoms with Crippen molar-refractivity contribution in [3.63, 3.8) is 0 Å². The van der Waals surface area contributed by atoms with Crippen LogP contribution in [0.25, 0.3) is 11.4 Å². The Kier molecular flexibility index (Phi) is 5.12. The van der Waals surface area contributed by atoms with Crippen LogP contribution in [0, 0.1) is 0 Å². The lowest BCUT2D eigenvalue weighted by Crippen LogP contribution is -2.35.